The maximum Gasteiger partial charge on any atom is 0.295 e. The molecule has 2 aromatic carbocycles. The number of halogens is 1. The predicted molar refractivity (Wildman–Crippen MR) is 117 cm³/mol. The van der Waals surface area contributed by atoms with E-state index < -0.39 is 17.7 Å². The number of methoxy groups -OCH3 is 1. The number of rotatable bonds is 6. The van der Waals surface area contributed by atoms with Crippen LogP contribution < -0.4 is 4.74 Å². The SMILES string of the molecule is COCCCN1C(=O)C(=O)/C(=C(/O)c2ccc3c(c2)C[C@H](C)O3)[C@@H]1c1cccc(Cl)c1. The van der Waals surface area contributed by atoms with Gasteiger partial charge in [0, 0.05) is 37.3 Å². The van der Waals surface area contributed by atoms with Crippen molar-refractivity contribution in [2.24, 2.45) is 0 Å². The van der Waals surface area contributed by atoms with Crippen molar-refractivity contribution in [2.75, 3.05) is 20.3 Å². The molecule has 162 valence electrons. The summed E-state index contributed by atoms with van der Waals surface area (Å²) >= 11 is 6.19. The zero-order valence-electron chi connectivity index (χ0n) is 17.4. The van der Waals surface area contributed by atoms with E-state index in [-0.39, 0.29) is 17.4 Å². The number of amides is 1. The minimum Gasteiger partial charge on any atom is -0.507 e. The van der Waals surface area contributed by atoms with Crippen LogP contribution in [-0.4, -0.2) is 48.1 Å². The molecule has 0 aliphatic carbocycles. The van der Waals surface area contributed by atoms with Gasteiger partial charge in [-0.15, -0.1) is 0 Å². The summed E-state index contributed by atoms with van der Waals surface area (Å²) in [5.74, 6) is -0.763. The molecule has 2 aliphatic rings. The van der Waals surface area contributed by atoms with Crippen molar-refractivity contribution in [1.29, 1.82) is 0 Å². The molecule has 1 amide bonds. The summed E-state index contributed by atoms with van der Waals surface area (Å²) in [6.45, 7) is 2.75. The predicted octanol–water partition coefficient (Wildman–Crippen LogP) is 4.12. The van der Waals surface area contributed by atoms with E-state index in [1.54, 1.807) is 43.5 Å². The molecule has 0 aromatic heterocycles. The van der Waals surface area contributed by atoms with Crippen LogP contribution in [-0.2, 0) is 20.7 Å². The second kappa shape index (κ2) is 8.73. The van der Waals surface area contributed by atoms with Crippen molar-refractivity contribution in [3.8, 4) is 5.75 Å². The van der Waals surface area contributed by atoms with E-state index in [0.29, 0.717) is 35.7 Å². The van der Waals surface area contributed by atoms with E-state index in [1.165, 1.54) is 4.90 Å². The standard InChI is InChI=1S/C24H24ClNO5/c1-14-11-17-12-16(7-8-19(17)31-14)22(27)20-21(15-5-3-6-18(25)13-15)26(9-4-10-30-2)24(29)23(20)28/h3,5-8,12-14,21,27H,4,9-11H2,1-2H3/b22-20+/t14-,21-/m0/s1. The molecule has 0 spiro atoms. The summed E-state index contributed by atoms with van der Waals surface area (Å²) in [4.78, 5) is 27.4. The summed E-state index contributed by atoms with van der Waals surface area (Å²) in [7, 11) is 1.58. The van der Waals surface area contributed by atoms with Crippen LogP contribution in [0.25, 0.3) is 5.76 Å². The normalized spacial score (nSPS) is 22.0. The van der Waals surface area contributed by atoms with Crippen molar-refractivity contribution in [1.82, 2.24) is 4.90 Å². The highest BCUT2D eigenvalue weighted by Gasteiger charge is 2.45. The van der Waals surface area contributed by atoms with E-state index in [0.717, 1.165) is 17.7 Å². The first-order chi connectivity index (χ1) is 14.9. The Bertz CT molecular complexity index is 1060. The Kier molecular flexibility index (Phi) is 6.03. The van der Waals surface area contributed by atoms with Crippen molar-refractivity contribution in [3.05, 3.63) is 69.8 Å². The minimum absolute atomic E-state index is 0.0604. The Morgan fingerprint density at radius 3 is 2.81 bits per heavy atom. The fourth-order valence-electron chi connectivity index (χ4n) is 4.24. The first-order valence-electron chi connectivity index (χ1n) is 10.2. The number of hydrogen-bond acceptors (Lipinski definition) is 5. The monoisotopic (exact) mass is 441 g/mol. The smallest absolute Gasteiger partial charge is 0.295 e. The van der Waals surface area contributed by atoms with E-state index in [2.05, 4.69) is 0 Å². The maximum absolute atomic E-state index is 13.0. The zero-order valence-corrected chi connectivity index (χ0v) is 18.2. The molecule has 1 N–H and O–H groups in total. The molecule has 6 nitrogen and oxygen atoms in total. The molecule has 1 fully saturated rings. The lowest BCUT2D eigenvalue weighted by molar-refractivity contribution is -0.140. The number of ether oxygens (including phenoxy) is 2. The number of aliphatic hydroxyl groups excluding tert-OH is 1. The van der Waals surface area contributed by atoms with Gasteiger partial charge in [-0.05, 0) is 54.8 Å². The number of nitrogens with zero attached hydrogens (tertiary/aromatic N) is 1. The zero-order chi connectivity index (χ0) is 22.1. The molecule has 0 bridgehead atoms. The van der Waals surface area contributed by atoms with E-state index in [4.69, 9.17) is 21.1 Å². The molecule has 2 atom stereocenters. The topological polar surface area (TPSA) is 76.1 Å². The quantitative estimate of drug-likeness (QED) is 0.316. The van der Waals surface area contributed by atoms with Gasteiger partial charge < -0.3 is 19.5 Å². The fourth-order valence-corrected chi connectivity index (χ4v) is 4.44. The van der Waals surface area contributed by atoms with Crippen molar-refractivity contribution >= 4 is 29.1 Å². The van der Waals surface area contributed by atoms with Crippen molar-refractivity contribution < 1.29 is 24.2 Å². The molecule has 2 aliphatic heterocycles. The number of carbonyl (C=O) groups excluding carboxylic acids is 2. The Morgan fingerprint density at radius 2 is 2.06 bits per heavy atom. The molecule has 1 saturated heterocycles. The van der Waals surface area contributed by atoms with Gasteiger partial charge in [0.2, 0.25) is 0 Å². The second-order valence-corrected chi connectivity index (χ2v) is 8.29. The first-order valence-corrected chi connectivity index (χ1v) is 10.6. The van der Waals surface area contributed by atoms with Gasteiger partial charge in [-0.25, -0.2) is 0 Å². The molecular formula is C24H24ClNO5. The lowest BCUT2D eigenvalue weighted by atomic mass is 9.94. The fraction of sp³-hybridized carbons (Fsp3) is 0.333. The number of hydrogen-bond donors (Lipinski definition) is 1. The highest BCUT2D eigenvalue weighted by atomic mass is 35.5. The molecule has 0 radical (unpaired) electrons. The number of likely N-dealkylation sites (tertiary alicyclic amines) is 1. The van der Waals surface area contributed by atoms with Gasteiger partial charge in [0.25, 0.3) is 11.7 Å². The van der Waals surface area contributed by atoms with Gasteiger partial charge in [0.15, 0.2) is 0 Å². The van der Waals surface area contributed by atoms with Crippen LogP contribution >= 0.6 is 11.6 Å². The number of ketones is 1. The van der Waals surface area contributed by atoms with Crippen LogP contribution in [0.3, 0.4) is 0 Å². The van der Waals surface area contributed by atoms with Crippen molar-refractivity contribution in [3.63, 3.8) is 0 Å². The van der Waals surface area contributed by atoms with Gasteiger partial charge in [0.1, 0.15) is 17.6 Å². The van der Waals surface area contributed by atoms with E-state index in [9.17, 15) is 14.7 Å². The second-order valence-electron chi connectivity index (χ2n) is 7.85. The summed E-state index contributed by atoms with van der Waals surface area (Å²) in [5.41, 5.74) is 2.18. The Hall–Kier alpha value is -2.83. The number of carbonyl (C=O) groups is 2. The third kappa shape index (κ3) is 4.05. The molecule has 2 aromatic rings. The van der Waals surface area contributed by atoms with E-state index in [1.807, 2.05) is 13.0 Å². The lowest BCUT2D eigenvalue weighted by Crippen LogP contribution is -2.31. The summed E-state index contributed by atoms with van der Waals surface area (Å²) < 4.78 is 10.8. The van der Waals surface area contributed by atoms with Crippen LogP contribution in [0.2, 0.25) is 5.02 Å². The largest absolute Gasteiger partial charge is 0.507 e. The van der Waals surface area contributed by atoms with Crippen molar-refractivity contribution in [2.45, 2.75) is 31.9 Å². The molecule has 0 unspecified atom stereocenters. The maximum atomic E-state index is 13.0. The number of aliphatic hydroxyl groups is 1. The Balaban J connectivity index is 1.80. The molecule has 0 saturated carbocycles. The molecule has 2 heterocycles. The molecule has 7 heteroatoms. The van der Waals surface area contributed by atoms with Crippen LogP contribution in [0.5, 0.6) is 5.75 Å². The van der Waals surface area contributed by atoms with Crippen LogP contribution in [0.4, 0.5) is 0 Å². The Labute approximate surface area is 186 Å². The van der Waals surface area contributed by atoms with Crippen LogP contribution in [0, 0.1) is 0 Å². The van der Waals surface area contributed by atoms with Crippen LogP contribution in [0.15, 0.2) is 48.0 Å². The molecule has 4 rings (SSSR count). The minimum atomic E-state index is -0.723. The number of fused-ring (bicyclic) bond motifs is 1. The van der Waals surface area contributed by atoms with Gasteiger partial charge in [0.05, 0.1) is 11.6 Å². The highest BCUT2D eigenvalue weighted by Crippen LogP contribution is 2.41. The summed E-state index contributed by atoms with van der Waals surface area (Å²) in [6.07, 6.45) is 1.35. The van der Waals surface area contributed by atoms with Gasteiger partial charge in [-0.1, -0.05) is 23.7 Å². The molecule has 31 heavy (non-hydrogen) atoms. The van der Waals surface area contributed by atoms with Gasteiger partial charge in [-0.2, -0.15) is 0 Å². The average Bonchev–Trinajstić information content (AvgIpc) is 3.24. The third-order valence-corrected chi connectivity index (χ3v) is 5.86. The van der Waals surface area contributed by atoms with E-state index >= 15 is 0 Å². The van der Waals surface area contributed by atoms with Gasteiger partial charge >= 0.3 is 0 Å². The lowest BCUT2D eigenvalue weighted by Gasteiger charge is -2.25. The number of Topliss-reactive ketones (excluding diaryl/α,β-unsaturated/α-hetero) is 1. The highest BCUT2D eigenvalue weighted by molar-refractivity contribution is 6.46. The number of benzene rings is 2. The summed E-state index contributed by atoms with van der Waals surface area (Å²) in [6, 6.07) is 11.6. The first kappa shape index (κ1) is 21.4. The molecular weight excluding hydrogens is 418 g/mol. The Morgan fingerprint density at radius 1 is 1.26 bits per heavy atom. The van der Waals surface area contributed by atoms with Gasteiger partial charge in [-0.3, -0.25) is 9.59 Å². The van der Waals surface area contributed by atoms with Crippen LogP contribution in [0.1, 0.15) is 36.1 Å². The summed E-state index contributed by atoms with van der Waals surface area (Å²) in [5, 5.41) is 11.7. The average molecular weight is 442 g/mol. The third-order valence-electron chi connectivity index (χ3n) is 5.62.